The minimum atomic E-state index is -0.441. The first-order valence-corrected chi connectivity index (χ1v) is 6.30. The number of nitrogens with one attached hydrogen (secondary N) is 1. The molecule has 5 nitrogen and oxygen atoms in total. The predicted molar refractivity (Wildman–Crippen MR) is 74.4 cm³/mol. The number of carbonyl (C=O) groups excluding carboxylic acids is 1. The summed E-state index contributed by atoms with van der Waals surface area (Å²) in [5, 5.41) is 14.0. The molecular formula is C15H13N3O2. The van der Waals surface area contributed by atoms with E-state index < -0.39 is 5.92 Å². The van der Waals surface area contributed by atoms with Crippen molar-refractivity contribution in [2.24, 2.45) is 5.10 Å². The molecule has 5 heteroatoms. The number of hydrazone groups is 1. The van der Waals surface area contributed by atoms with Gasteiger partial charge in [0.1, 0.15) is 5.75 Å². The summed E-state index contributed by atoms with van der Waals surface area (Å²) in [7, 11) is 0. The SMILES string of the molecule is O=C1NN=C(c2cccnc2)CC1c1ccccc1O. The van der Waals surface area contributed by atoms with Gasteiger partial charge in [0, 0.05) is 29.9 Å². The Morgan fingerprint density at radius 2 is 2.05 bits per heavy atom. The molecule has 1 aliphatic rings. The van der Waals surface area contributed by atoms with Crippen LogP contribution < -0.4 is 5.43 Å². The van der Waals surface area contributed by atoms with Crippen LogP contribution in [0.15, 0.2) is 53.9 Å². The number of nitrogens with zero attached hydrogens (tertiary/aromatic N) is 2. The van der Waals surface area contributed by atoms with E-state index in [1.165, 1.54) is 0 Å². The van der Waals surface area contributed by atoms with Gasteiger partial charge in [0.15, 0.2) is 0 Å². The van der Waals surface area contributed by atoms with E-state index >= 15 is 0 Å². The van der Waals surface area contributed by atoms with Crippen LogP contribution in [0.25, 0.3) is 0 Å². The van der Waals surface area contributed by atoms with E-state index in [2.05, 4.69) is 15.5 Å². The number of aromatic nitrogens is 1. The minimum absolute atomic E-state index is 0.125. The fraction of sp³-hybridized carbons (Fsp3) is 0.133. The van der Waals surface area contributed by atoms with E-state index in [0.29, 0.717) is 12.0 Å². The first-order chi connectivity index (χ1) is 9.75. The van der Waals surface area contributed by atoms with Crippen molar-refractivity contribution < 1.29 is 9.90 Å². The number of carbonyl (C=O) groups is 1. The first-order valence-electron chi connectivity index (χ1n) is 6.30. The lowest BCUT2D eigenvalue weighted by atomic mass is 9.89. The van der Waals surface area contributed by atoms with Crippen LogP contribution in [-0.2, 0) is 4.79 Å². The highest BCUT2D eigenvalue weighted by molar-refractivity contribution is 6.06. The number of phenols is 1. The number of pyridine rings is 1. The molecule has 0 radical (unpaired) electrons. The van der Waals surface area contributed by atoms with Crippen molar-refractivity contribution in [2.45, 2.75) is 12.3 Å². The summed E-state index contributed by atoms with van der Waals surface area (Å²) in [5.41, 5.74) is 4.75. The van der Waals surface area contributed by atoms with Crippen molar-refractivity contribution in [1.82, 2.24) is 10.4 Å². The zero-order valence-electron chi connectivity index (χ0n) is 10.7. The third-order valence-electron chi connectivity index (χ3n) is 3.32. The highest BCUT2D eigenvalue weighted by atomic mass is 16.3. The lowest BCUT2D eigenvalue weighted by Gasteiger charge is -2.22. The van der Waals surface area contributed by atoms with Gasteiger partial charge in [-0.2, -0.15) is 5.10 Å². The van der Waals surface area contributed by atoms with Crippen LogP contribution in [0.5, 0.6) is 5.75 Å². The molecule has 2 aromatic rings. The maximum atomic E-state index is 12.0. The number of phenolic OH excluding ortho intramolecular Hbond substituents is 1. The van der Waals surface area contributed by atoms with Crippen molar-refractivity contribution in [1.29, 1.82) is 0 Å². The second kappa shape index (κ2) is 5.13. The number of hydrogen-bond donors (Lipinski definition) is 2. The maximum Gasteiger partial charge on any atom is 0.248 e. The molecule has 0 bridgehead atoms. The number of aromatic hydroxyl groups is 1. The molecule has 0 saturated heterocycles. The molecule has 3 rings (SSSR count). The van der Waals surface area contributed by atoms with E-state index in [1.54, 1.807) is 36.7 Å². The zero-order chi connectivity index (χ0) is 13.9. The molecule has 0 fully saturated rings. The Labute approximate surface area is 116 Å². The van der Waals surface area contributed by atoms with Crippen molar-refractivity contribution in [3.63, 3.8) is 0 Å². The summed E-state index contributed by atoms with van der Waals surface area (Å²) in [6.07, 6.45) is 3.83. The average molecular weight is 267 g/mol. The van der Waals surface area contributed by atoms with Crippen LogP contribution >= 0.6 is 0 Å². The second-order valence-corrected chi connectivity index (χ2v) is 4.59. The minimum Gasteiger partial charge on any atom is -0.508 e. The molecule has 2 heterocycles. The molecule has 0 aliphatic carbocycles. The molecule has 1 atom stereocenters. The number of para-hydroxylation sites is 1. The van der Waals surface area contributed by atoms with Crippen molar-refractivity contribution in [3.8, 4) is 5.75 Å². The Morgan fingerprint density at radius 1 is 1.20 bits per heavy atom. The van der Waals surface area contributed by atoms with Gasteiger partial charge in [0.2, 0.25) is 5.91 Å². The van der Waals surface area contributed by atoms with Crippen molar-refractivity contribution >= 4 is 11.6 Å². The molecule has 20 heavy (non-hydrogen) atoms. The van der Waals surface area contributed by atoms with Crippen LogP contribution in [0.4, 0.5) is 0 Å². The molecule has 1 aliphatic heterocycles. The molecule has 1 unspecified atom stereocenters. The van der Waals surface area contributed by atoms with Gasteiger partial charge in [-0.05, 0) is 12.1 Å². The van der Waals surface area contributed by atoms with Gasteiger partial charge >= 0.3 is 0 Å². The van der Waals surface area contributed by atoms with Gasteiger partial charge in [-0.25, -0.2) is 5.43 Å². The molecule has 1 amide bonds. The topological polar surface area (TPSA) is 74.6 Å². The van der Waals surface area contributed by atoms with Gasteiger partial charge in [-0.1, -0.05) is 24.3 Å². The smallest absolute Gasteiger partial charge is 0.248 e. The van der Waals surface area contributed by atoms with Gasteiger partial charge in [-0.15, -0.1) is 0 Å². The normalized spacial score (nSPS) is 18.3. The highest BCUT2D eigenvalue weighted by Crippen LogP contribution is 2.31. The van der Waals surface area contributed by atoms with Crippen LogP contribution in [0, 0.1) is 0 Å². The van der Waals surface area contributed by atoms with E-state index in [-0.39, 0.29) is 11.7 Å². The number of rotatable bonds is 2. The molecule has 100 valence electrons. The van der Waals surface area contributed by atoms with Crippen LogP contribution in [0.2, 0.25) is 0 Å². The molecule has 2 N–H and O–H groups in total. The molecule has 1 aromatic heterocycles. The number of benzene rings is 1. The Balaban J connectivity index is 1.94. The fourth-order valence-corrected chi connectivity index (χ4v) is 2.28. The third kappa shape index (κ3) is 2.25. The summed E-state index contributed by atoms with van der Waals surface area (Å²) in [6, 6.07) is 10.6. The van der Waals surface area contributed by atoms with Crippen LogP contribution in [0.1, 0.15) is 23.5 Å². The van der Waals surface area contributed by atoms with E-state index in [4.69, 9.17) is 0 Å². The fourth-order valence-electron chi connectivity index (χ4n) is 2.28. The lowest BCUT2D eigenvalue weighted by Crippen LogP contribution is -2.33. The van der Waals surface area contributed by atoms with Crippen LogP contribution in [-0.4, -0.2) is 21.7 Å². The maximum absolute atomic E-state index is 12.0. The van der Waals surface area contributed by atoms with Gasteiger partial charge < -0.3 is 5.11 Å². The standard InChI is InChI=1S/C15H13N3O2/c19-14-6-2-1-5-11(14)12-8-13(17-18-15(12)20)10-4-3-7-16-9-10/h1-7,9,12,19H,8H2,(H,18,20). The lowest BCUT2D eigenvalue weighted by molar-refractivity contribution is -0.122. The summed E-state index contributed by atoms with van der Waals surface area (Å²) in [6.45, 7) is 0. The van der Waals surface area contributed by atoms with E-state index in [9.17, 15) is 9.90 Å². The largest absolute Gasteiger partial charge is 0.508 e. The molecule has 1 aromatic carbocycles. The van der Waals surface area contributed by atoms with Crippen molar-refractivity contribution in [3.05, 3.63) is 59.9 Å². The number of hydrogen-bond acceptors (Lipinski definition) is 4. The Kier molecular flexibility index (Phi) is 3.16. The van der Waals surface area contributed by atoms with E-state index in [1.807, 2.05) is 12.1 Å². The quantitative estimate of drug-likeness (QED) is 0.871. The summed E-state index contributed by atoms with van der Waals surface area (Å²) < 4.78 is 0. The molecular weight excluding hydrogens is 254 g/mol. The van der Waals surface area contributed by atoms with Gasteiger partial charge in [0.05, 0.1) is 11.6 Å². The number of amides is 1. The Hall–Kier alpha value is -2.69. The third-order valence-corrected chi connectivity index (χ3v) is 3.32. The zero-order valence-corrected chi connectivity index (χ0v) is 10.7. The van der Waals surface area contributed by atoms with E-state index in [0.717, 1.165) is 11.3 Å². The Bertz CT molecular complexity index is 668. The summed E-state index contributed by atoms with van der Waals surface area (Å²) in [5.74, 6) is -0.525. The highest BCUT2D eigenvalue weighted by Gasteiger charge is 2.28. The monoisotopic (exact) mass is 267 g/mol. The summed E-state index contributed by atoms with van der Waals surface area (Å²) in [4.78, 5) is 16.0. The summed E-state index contributed by atoms with van der Waals surface area (Å²) >= 11 is 0. The Morgan fingerprint density at radius 3 is 2.80 bits per heavy atom. The predicted octanol–water partition coefficient (Wildman–Crippen LogP) is 1.79. The van der Waals surface area contributed by atoms with Gasteiger partial charge in [0.25, 0.3) is 0 Å². The first kappa shape index (κ1) is 12.3. The molecule has 0 saturated carbocycles. The average Bonchev–Trinajstić information content (AvgIpc) is 2.49. The molecule has 0 spiro atoms. The van der Waals surface area contributed by atoms with Gasteiger partial charge in [-0.3, -0.25) is 9.78 Å². The van der Waals surface area contributed by atoms with Crippen molar-refractivity contribution in [2.75, 3.05) is 0 Å². The van der Waals surface area contributed by atoms with Crippen LogP contribution in [0.3, 0.4) is 0 Å². The second-order valence-electron chi connectivity index (χ2n) is 4.59.